The van der Waals surface area contributed by atoms with Crippen LogP contribution in [-0.4, -0.2) is 76.8 Å². The standard InChI is InChI=1S/C42H60F2N6O4S/c1-6-7-8-12-16-36(48-30(2)51)41(54)47-22-21-46-38(52)19-24-55-29-39(53)50(23-13-20-45)40(42(3,4)5)37-25-32(34-26-33(43)17-18-35(34)44)28-49(37)27-31-14-10-9-11-15-31/h9-11,14-15,17-18,25-26,28,36,40H,6-8,12-13,16,19-24,27,29,45H2,1-5H3,(H,46,52)(H,47,54)(H,48,51)/t36-,40-/m0/s1. The van der Waals surface area contributed by atoms with Gasteiger partial charge in [-0.3, -0.25) is 19.2 Å². The number of rotatable bonds is 23. The molecule has 10 nitrogen and oxygen atoms in total. The van der Waals surface area contributed by atoms with Gasteiger partial charge in [-0.05, 0) is 54.6 Å². The van der Waals surface area contributed by atoms with Crippen LogP contribution in [0.1, 0.15) is 96.9 Å². The van der Waals surface area contributed by atoms with E-state index in [2.05, 4.69) is 43.6 Å². The van der Waals surface area contributed by atoms with E-state index in [9.17, 15) is 23.6 Å². The Morgan fingerprint density at radius 3 is 2.35 bits per heavy atom. The van der Waals surface area contributed by atoms with Crippen LogP contribution in [0.2, 0.25) is 0 Å². The SMILES string of the molecule is CCCCCC[C@H](NC(C)=O)C(=O)NCCNC(=O)CCSCC(=O)N(CCCN)[C@@H](c1cc(-c2cc(F)ccc2F)cn1Cc1ccccc1)C(C)(C)C. The summed E-state index contributed by atoms with van der Waals surface area (Å²) in [6.45, 7) is 11.4. The van der Waals surface area contributed by atoms with Crippen LogP contribution in [0.5, 0.6) is 0 Å². The molecule has 0 radical (unpaired) electrons. The molecule has 13 heteroatoms. The van der Waals surface area contributed by atoms with Crippen molar-refractivity contribution < 1.29 is 28.0 Å². The minimum absolute atomic E-state index is 0.115. The van der Waals surface area contributed by atoms with Crippen molar-refractivity contribution in [3.8, 4) is 11.1 Å². The number of unbranched alkanes of at least 4 members (excludes halogenated alkanes) is 3. The molecular formula is C42H60F2N6O4S. The lowest BCUT2D eigenvalue weighted by molar-refractivity contribution is -0.133. The van der Waals surface area contributed by atoms with Crippen LogP contribution in [0, 0.1) is 17.0 Å². The molecule has 55 heavy (non-hydrogen) atoms. The first-order chi connectivity index (χ1) is 26.2. The Morgan fingerprint density at radius 1 is 0.945 bits per heavy atom. The molecule has 1 heterocycles. The normalized spacial score (nSPS) is 12.5. The van der Waals surface area contributed by atoms with Gasteiger partial charge in [-0.2, -0.15) is 11.8 Å². The Kier molecular flexibility index (Phi) is 18.9. The molecule has 1 aromatic heterocycles. The summed E-state index contributed by atoms with van der Waals surface area (Å²) in [6.07, 6.45) is 7.11. The van der Waals surface area contributed by atoms with Crippen LogP contribution in [0.15, 0.2) is 60.8 Å². The van der Waals surface area contributed by atoms with Crippen molar-refractivity contribution in [2.75, 3.05) is 37.7 Å². The summed E-state index contributed by atoms with van der Waals surface area (Å²) in [5, 5.41) is 8.32. The minimum Gasteiger partial charge on any atom is -0.354 e. The quantitative estimate of drug-likeness (QED) is 0.0803. The number of thioether (sulfide) groups is 1. The molecule has 2 atom stereocenters. The van der Waals surface area contributed by atoms with Crippen molar-refractivity contribution in [1.29, 1.82) is 0 Å². The summed E-state index contributed by atoms with van der Waals surface area (Å²) >= 11 is 1.36. The Labute approximate surface area is 329 Å². The highest BCUT2D eigenvalue weighted by molar-refractivity contribution is 7.99. The van der Waals surface area contributed by atoms with E-state index in [1.807, 2.05) is 52.1 Å². The summed E-state index contributed by atoms with van der Waals surface area (Å²) in [7, 11) is 0. The molecule has 5 N–H and O–H groups in total. The number of hydrogen-bond donors (Lipinski definition) is 4. The van der Waals surface area contributed by atoms with Crippen LogP contribution in [0.25, 0.3) is 11.1 Å². The van der Waals surface area contributed by atoms with E-state index in [1.54, 1.807) is 0 Å². The number of halogens is 2. The number of aromatic nitrogens is 1. The molecule has 4 amide bonds. The number of nitrogens with zero attached hydrogens (tertiary/aromatic N) is 2. The molecule has 302 valence electrons. The number of nitrogens with one attached hydrogen (secondary N) is 3. The zero-order valence-electron chi connectivity index (χ0n) is 33.1. The summed E-state index contributed by atoms with van der Waals surface area (Å²) in [4.78, 5) is 52.8. The molecule has 2 aromatic carbocycles. The topological polar surface area (TPSA) is 139 Å². The van der Waals surface area contributed by atoms with Gasteiger partial charge in [0, 0.05) is 68.3 Å². The number of nitrogens with two attached hydrogens (primary N) is 1. The summed E-state index contributed by atoms with van der Waals surface area (Å²) in [5.41, 5.74) is 7.93. The maximum absolute atomic E-state index is 15.1. The lowest BCUT2D eigenvalue weighted by Crippen LogP contribution is -2.47. The van der Waals surface area contributed by atoms with Crippen LogP contribution in [-0.2, 0) is 25.7 Å². The van der Waals surface area contributed by atoms with Crippen molar-refractivity contribution in [2.24, 2.45) is 11.1 Å². The van der Waals surface area contributed by atoms with Crippen molar-refractivity contribution in [2.45, 2.75) is 98.2 Å². The number of hydrogen-bond acceptors (Lipinski definition) is 6. The molecule has 0 aliphatic carbocycles. The first kappa shape index (κ1) is 45.2. The average Bonchev–Trinajstić information content (AvgIpc) is 3.54. The molecule has 0 fully saturated rings. The third-order valence-electron chi connectivity index (χ3n) is 9.19. The fraction of sp³-hybridized carbons (Fsp3) is 0.524. The number of carbonyl (C=O) groups excluding carboxylic acids is 4. The van der Waals surface area contributed by atoms with Crippen molar-refractivity contribution >= 4 is 35.4 Å². The van der Waals surface area contributed by atoms with E-state index in [0.717, 1.165) is 49.1 Å². The predicted octanol–water partition coefficient (Wildman–Crippen LogP) is 6.58. The first-order valence-corrected chi connectivity index (χ1v) is 20.5. The van der Waals surface area contributed by atoms with Gasteiger partial charge >= 0.3 is 0 Å². The Morgan fingerprint density at radius 2 is 1.67 bits per heavy atom. The van der Waals surface area contributed by atoms with Gasteiger partial charge in [0.2, 0.25) is 23.6 Å². The smallest absolute Gasteiger partial charge is 0.242 e. The van der Waals surface area contributed by atoms with Gasteiger partial charge in [0.25, 0.3) is 0 Å². The van der Waals surface area contributed by atoms with Gasteiger partial charge in [0.05, 0.1) is 11.8 Å². The monoisotopic (exact) mass is 782 g/mol. The van der Waals surface area contributed by atoms with Crippen molar-refractivity contribution in [3.63, 3.8) is 0 Å². The van der Waals surface area contributed by atoms with Crippen LogP contribution >= 0.6 is 11.8 Å². The van der Waals surface area contributed by atoms with Gasteiger partial charge in [-0.1, -0.05) is 83.7 Å². The number of amides is 4. The zero-order chi connectivity index (χ0) is 40.4. The number of benzene rings is 2. The molecule has 3 rings (SSSR count). The predicted molar refractivity (Wildman–Crippen MR) is 217 cm³/mol. The largest absolute Gasteiger partial charge is 0.354 e. The second kappa shape index (κ2) is 23.0. The van der Waals surface area contributed by atoms with Gasteiger partial charge < -0.3 is 31.2 Å². The van der Waals surface area contributed by atoms with E-state index in [4.69, 9.17) is 5.73 Å². The van der Waals surface area contributed by atoms with Crippen molar-refractivity contribution in [1.82, 2.24) is 25.4 Å². The zero-order valence-corrected chi connectivity index (χ0v) is 33.9. The highest BCUT2D eigenvalue weighted by atomic mass is 32.2. The first-order valence-electron chi connectivity index (χ1n) is 19.3. The van der Waals surface area contributed by atoms with Crippen molar-refractivity contribution in [3.05, 3.63) is 83.7 Å². The summed E-state index contributed by atoms with van der Waals surface area (Å²) in [5.74, 6) is -1.39. The second-order valence-electron chi connectivity index (χ2n) is 14.9. The van der Waals surface area contributed by atoms with Gasteiger partial charge in [-0.25, -0.2) is 8.78 Å². The third kappa shape index (κ3) is 15.1. The van der Waals surface area contributed by atoms with E-state index >= 15 is 4.39 Å². The molecule has 0 bridgehead atoms. The van der Waals surface area contributed by atoms with E-state index < -0.39 is 29.1 Å². The van der Waals surface area contributed by atoms with Crippen LogP contribution in [0.4, 0.5) is 8.78 Å². The average molecular weight is 783 g/mol. The molecule has 0 saturated carbocycles. The van der Waals surface area contributed by atoms with Gasteiger partial charge in [0.1, 0.15) is 17.7 Å². The highest BCUT2D eigenvalue weighted by Gasteiger charge is 2.37. The molecule has 3 aromatic rings. The van der Waals surface area contributed by atoms with E-state index in [1.165, 1.54) is 24.8 Å². The van der Waals surface area contributed by atoms with Crippen LogP contribution in [0.3, 0.4) is 0 Å². The molecule has 0 saturated heterocycles. The Hall–Kier alpha value is -4.23. The fourth-order valence-corrected chi connectivity index (χ4v) is 7.38. The van der Waals surface area contributed by atoms with Gasteiger partial charge in [-0.15, -0.1) is 0 Å². The lowest BCUT2D eigenvalue weighted by atomic mass is 9.83. The summed E-state index contributed by atoms with van der Waals surface area (Å²) in [6, 6.07) is 14.0. The molecular weight excluding hydrogens is 723 g/mol. The molecule has 0 spiro atoms. The molecule has 0 aliphatic rings. The third-order valence-corrected chi connectivity index (χ3v) is 10.1. The maximum atomic E-state index is 15.1. The number of carbonyl (C=O) groups is 4. The maximum Gasteiger partial charge on any atom is 0.242 e. The molecule has 0 unspecified atom stereocenters. The minimum atomic E-state index is -0.604. The highest BCUT2D eigenvalue weighted by Crippen LogP contribution is 2.41. The van der Waals surface area contributed by atoms with E-state index in [0.29, 0.717) is 43.8 Å². The lowest BCUT2D eigenvalue weighted by Gasteiger charge is -2.41. The fourth-order valence-electron chi connectivity index (χ4n) is 6.57. The Balaban J connectivity index is 1.67. The van der Waals surface area contributed by atoms with Crippen LogP contribution < -0.4 is 21.7 Å². The summed E-state index contributed by atoms with van der Waals surface area (Å²) < 4.78 is 31.4. The van der Waals surface area contributed by atoms with E-state index in [-0.39, 0.29) is 54.5 Å². The second-order valence-corrected chi connectivity index (χ2v) is 16.0. The van der Waals surface area contributed by atoms with Gasteiger partial charge in [0.15, 0.2) is 0 Å². The Bertz CT molecular complexity index is 1680. The molecule has 0 aliphatic heterocycles.